The standard InChI is InChI=1S/C21H22N3O/c1-14-9-10-16-18(12-14)22-20(17-7-3-4-8-19(17)25)23-21(16)24-11-5-6-15(2)13-24/h3-4,7-10,12,15,25H,2,5-6,11,13H2,1H3/t15-/m1/s1. The number of aromatic nitrogens is 2. The van der Waals surface area contributed by atoms with Gasteiger partial charge in [0, 0.05) is 18.5 Å². The Bertz CT molecular complexity index is 922. The zero-order chi connectivity index (χ0) is 17.4. The van der Waals surface area contributed by atoms with Crippen molar-refractivity contribution in [1.82, 2.24) is 9.97 Å². The minimum Gasteiger partial charge on any atom is -0.507 e. The van der Waals surface area contributed by atoms with E-state index in [1.807, 2.05) is 18.2 Å². The number of piperidine rings is 1. The first-order chi connectivity index (χ1) is 12.1. The summed E-state index contributed by atoms with van der Waals surface area (Å²) in [7, 11) is 0. The third-order valence-electron chi connectivity index (χ3n) is 4.80. The van der Waals surface area contributed by atoms with Crippen LogP contribution in [0.1, 0.15) is 18.4 Å². The molecule has 1 saturated heterocycles. The van der Waals surface area contributed by atoms with Crippen LogP contribution >= 0.6 is 0 Å². The van der Waals surface area contributed by atoms with E-state index in [-0.39, 0.29) is 5.75 Å². The largest absolute Gasteiger partial charge is 0.507 e. The fourth-order valence-electron chi connectivity index (χ4n) is 3.50. The number of para-hydroxylation sites is 1. The van der Waals surface area contributed by atoms with Crippen LogP contribution in [-0.2, 0) is 0 Å². The van der Waals surface area contributed by atoms with E-state index in [0.717, 1.165) is 48.2 Å². The molecule has 1 aliphatic heterocycles. The number of phenolic OH excluding ortho intramolecular Hbond substituents is 1. The van der Waals surface area contributed by atoms with E-state index >= 15 is 0 Å². The Morgan fingerprint density at radius 3 is 2.80 bits per heavy atom. The number of anilines is 1. The third-order valence-corrected chi connectivity index (χ3v) is 4.80. The molecular formula is C21H22N3O. The van der Waals surface area contributed by atoms with Gasteiger partial charge in [-0.1, -0.05) is 18.2 Å². The molecule has 1 aliphatic rings. The summed E-state index contributed by atoms with van der Waals surface area (Å²) in [6.45, 7) is 8.18. The smallest absolute Gasteiger partial charge is 0.165 e. The summed E-state index contributed by atoms with van der Waals surface area (Å²) >= 11 is 0. The molecule has 1 aromatic heterocycles. The molecule has 1 atom stereocenters. The lowest BCUT2D eigenvalue weighted by atomic mass is 10.00. The van der Waals surface area contributed by atoms with Crippen molar-refractivity contribution in [2.75, 3.05) is 18.0 Å². The lowest BCUT2D eigenvalue weighted by Gasteiger charge is -2.32. The maximum Gasteiger partial charge on any atom is 0.165 e. The Morgan fingerprint density at radius 1 is 1.16 bits per heavy atom. The Hall–Kier alpha value is -2.62. The molecule has 3 aromatic rings. The van der Waals surface area contributed by atoms with Crippen LogP contribution in [0, 0.1) is 19.8 Å². The molecule has 2 heterocycles. The van der Waals surface area contributed by atoms with Gasteiger partial charge in [0.25, 0.3) is 0 Å². The molecule has 0 amide bonds. The van der Waals surface area contributed by atoms with Gasteiger partial charge < -0.3 is 10.0 Å². The zero-order valence-electron chi connectivity index (χ0n) is 14.4. The van der Waals surface area contributed by atoms with Crippen LogP contribution in [0.5, 0.6) is 5.75 Å². The zero-order valence-corrected chi connectivity index (χ0v) is 14.4. The maximum absolute atomic E-state index is 10.2. The predicted octanol–water partition coefficient (Wildman–Crippen LogP) is 4.36. The highest BCUT2D eigenvalue weighted by Crippen LogP contribution is 2.33. The van der Waals surface area contributed by atoms with Crippen molar-refractivity contribution in [3.8, 4) is 17.1 Å². The molecule has 1 N–H and O–H groups in total. The summed E-state index contributed by atoms with van der Waals surface area (Å²) in [6, 6.07) is 13.5. The van der Waals surface area contributed by atoms with Crippen molar-refractivity contribution in [2.24, 2.45) is 5.92 Å². The van der Waals surface area contributed by atoms with Crippen LogP contribution in [-0.4, -0.2) is 28.2 Å². The molecule has 0 unspecified atom stereocenters. The number of aryl methyl sites for hydroxylation is 1. The SMILES string of the molecule is [CH2][C@@H]1CCCN(c2nc(-c3ccccc3O)nc3cc(C)ccc23)C1. The van der Waals surface area contributed by atoms with Gasteiger partial charge in [0.2, 0.25) is 0 Å². The van der Waals surface area contributed by atoms with E-state index in [2.05, 4.69) is 36.9 Å². The second-order valence-corrected chi connectivity index (χ2v) is 6.86. The van der Waals surface area contributed by atoms with Crippen molar-refractivity contribution < 1.29 is 5.11 Å². The third kappa shape index (κ3) is 3.04. The van der Waals surface area contributed by atoms with E-state index in [1.165, 1.54) is 0 Å². The van der Waals surface area contributed by atoms with Gasteiger partial charge in [-0.25, -0.2) is 9.97 Å². The summed E-state index contributed by atoms with van der Waals surface area (Å²) in [6.07, 6.45) is 2.28. The molecular weight excluding hydrogens is 310 g/mol. The van der Waals surface area contributed by atoms with Crippen molar-refractivity contribution >= 4 is 16.7 Å². The van der Waals surface area contributed by atoms with Gasteiger partial charge in [0.1, 0.15) is 11.6 Å². The highest BCUT2D eigenvalue weighted by molar-refractivity contribution is 5.91. The minimum absolute atomic E-state index is 0.203. The molecule has 127 valence electrons. The normalized spacial score (nSPS) is 17.8. The number of nitrogens with zero attached hydrogens (tertiary/aromatic N) is 3. The Balaban J connectivity index is 1.92. The molecule has 25 heavy (non-hydrogen) atoms. The van der Waals surface area contributed by atoms with Crippen molar-refractivity contribution in [3.63, 3.8) is 0 Å². The van der Waals surface area contributed by atoms with E-state index in [9.17, 15) is 5.11 Å². The average Bonchev–Trinajstić information content (AvgIpc) is 2.61. The second kappa shape index (κ2) is 6.36. The van der Waals surface area contributed by atoms with Gasteiger partial charge in [-0.15, -0.1) is 0 Å². The van der Waals surface area contributed by atoms with Crippen LogP contribution in [0.15, 0.2) is 42.5 Å². The van der Waals surface area contributed by atoms with Crippen LogP contribution in [0.4, 0.5) is 5.82 Å². The quantitative estimate of drug-likeness (QED) is 0.757. The highest BCUT2D eigenvalue weighted by atomic mass is 16.3. The Kier molecular flexibility index (Phi) is 4.04. The van der Waals surface area contributed by atoms with Gasteiger partial charge in [-0.05, 0) is 62.4 Å². The Morgan fingerprint density at radius 2 is 2.00 bits per heavy atom. The molecule has 0 spiro atoms. The summed E-state index contributed by atoms with van der Waals surface area (Å²) in [5, 5.41) is 11.3. The number of benzene rings is 2. The van der Waals surface area contributed by atoms with E-state index in [0.29, 0.717) is 17.3 Å². The van der Waals surface area contributed by atoms with Crippen molar-refractivity contribution in [1.29, 1.82) is 0 Å². The number of rotatable bonds is 2. The molecule has 4 nitrogen and oxygen atoms in total. The average molecular weight is 332 g/mol. The van der Waals surface area contributed by atoms with Crippen molar-refractivity contribution in [3.05, 3.63) is 55.0 Å². The molecule has 0 aliphatic carbocycles. The van der Waals surface area contributed by atoms with Gasteiger partial charge in [-0.2, -0.15) is 0 Å². The topological polar surface area (TPSA) is 49.2 Å². The molecule has 4 rings (SSSR count). The fraction of sp³-hybridized carbons (Fsp3) is 0.286. The summed E-state index contributed by atoms with van der Waals surface area (Å²) in [4.78, 5) is 11.9. The second-order valence-electron chi connectivity index (χ2n) is 6.86. The molecule has 1 fully saturated rings. The van der Waals surface area contributed by atoms with E-state index in [4.69, 9.17) is 9.97 Å². The number of hydrogen-bond acceptors (Lipinski definition) is 4. The molecule has 4 heteroatoms. The summed E-state index contributed by atoms with van der Waals surface area (Å²) in [5.41, 5.74) is 2.74. The van der Waals surface area contributed by atoms with Crippen LogP contribution in [0.3, 0.4) is 0 Å². The lowest BCUT2D eigenvalue weighted by molar-refractivity contribution is 0.476. The number of aromatic hydroxyl groups is 1. The maximum atomic E-state index is 10.2. The number of fused-ring (bicyclic) bond motifs is 1. The van der Waals surface area contributed by atoms with E-state index in [1.54, 1.807) is 6.07 Å². The number of hydrogen-bond donors (Lipinski definition) is 1. The van der Waals surface area contributed by atoms with Gasteiger partial charge in [0.15, 0.2) is 5.82 Å². The highest BCUT2D eigenvalue weighted by Gasteiger charge is 2.21. The van der Waals surface area contributed by atoms with Gasteiger partial charge in [-0.3, -0.25) is 0 Å². The molecule has 1 radical (unpaired) electrons. The first kappa shape index (κ1) is 15.9. The summed E-state index contributed by atoms with van der Waals surface area (Å²) in [5.74, 6) is 2.13. The van der Waals surface area contributed by atoms with Crippen LogP contribution in [0.2, 0.25) is 0 Å². The first-order valence-corrected chi connectivity index (χ1v) is 8.76. The number of phenols is 1. The Labute approximate surface area is 148 Å². The fourth-order valence-corrected chi connectivity index (χ4v) is 3.50. The lowest BCUT2D eigenvalue weighted by Crippen LogP contribution is -2.35. The van der Waals surface area contributed by atoms with Gasteiger partial charge in [0.05, 0.1) is 11.1 Å². The van der Waals surface area contributed by atoms with Crippen molar-refractivity contribution in [2.45, 2.75) is 19.8 Å². The predicted molar refractivity (Wildman–Crippen MR) is 102 cm³/mol. The minimum atomic E-state index is 0.203. The summed E-state index contributed by atoms with van der Waals surface area (Å²) < 4.78 is 0. The first-order valence-electron chi connectivity index (χ1n) is 8.76. The van der Waals surface area contributed by atoms with Crippen LogP contribution < -0.4 is 4.90 Å². The van der Waals surface area contributed by atoms with Crippen LogP contribution in [0.25, 0.3) is 22.3 Å². The monoisotopic (exact) mass is 332 g/mol. The van der Waals surface area contributed by atoms with Gasteiger partial charge >= 0.3 is 0 Å². The molecule has 2 aromatic carbocycles. The van der Waals surface area contributed by atoms with E-state index < -0.39 is 0 Å². The molecule has 0 bridgehead atoms. The molecule has 0 saturated carbocycles.